The highest BCUT2D eigenvalue weighted by Crippen LogP contribution is 2.18. The number of para-hydroxylation sites is 2. The number of hydrogen-bond donors (Lipinski definition) is 6. The van der Waals surface area contributed by atoms with Gasteiger partial charge >= 0.3 is 12.3 Å². The first-order valence-corrected chi connectivity index (χ1v) is 6.79. The largest absolute Gasteiger partial charge is 0.503 e. The van der Waals surface area contributed by atoms with Gasteiger partial charge in [-0.05, 0) is 13.1 Å². The van der Waals surface area contributed by atoms with Gasteiger partial charge in [0.25, 0.3) is 5.69 Å². The molecule has 0 unspecified atom stereocenters. The Balaban J connectivity index is 0. The van der Waals surface area contributed by atoms with Crippen molar-refractivity contribution in [1.82, 2.24) is 10.2 Å². The van der Waals surface area contributed by atoms with Gasteiger partial charge in [0, 0.05) is 32.2 Å². The summed E-state index contributed by atoms with van der Waals surface area (Å²) in [4.78, 5) is 29.1. The second kappa shape index (κ2) is 14.5. The van der Waals surface area contributed by atoms with Crippen molar-refractivity contribution in [3.05, 3.63) is 34.4 Å². The summed E-state index contributed by atoms with van der Waals surface area (Å²) in [5, 5.41) is 41.3. The number of nitrogen functional groups attached to an aromatic ring is 1. The molecule has 1 aliphatic heterocycles. The molecule has 0 atom stereocenters. The van der Waals surface area contributed by atoms with Crippen LogP contribution in [0.1, 0.15) is 0 Å². The minimum atomic E-state index is -1.83. The molecule has 0 spiro atoms. The van der Waals surface area contributed by atoms with Gasteiger partial charge in [0.15, 0.2) is 0 Å². The lowest BCUT2D eigenvalue weighted by Gasteiger charge is -2.21. The standard InChI is InChI=1S/C6H6N2O2.C5H12N2.2CH2O3/c7-5-3-1-2-4-6(5)8(9)10;1-7-4-2-6-3-5-7;2*2-1(3)4/h1-4H,7H2;6H,2-5H2,1H3;2*(H2,2,3,4). The first kappa shape index (κ1) is 24.1. The first-order valence-electron chi connectivity index (χ1n) is 6.79. The number of likely N-dealkylation sites (N-methyl/N-ethyl adjacent to an activating group) is 1. The van der Waals surface area contributed by atoms with E-state index in [-0.39, 0.29) is 11.4 Å². The fraction of sp³-hybridized carbons (Fsp3) is 0.385. The molecule has 0 saturated carbocycles. The van der Waals surface area contributed by atoms with Crippen molar-refractivity contribution >= 4 is 23.7 Å². The molecule has 2 rings (SSSR count). The lowest BCUT2D eigenvalue weighted by molar-refractivity contribution is -0.383. The smallest absolute Gasteiger partial charge is 0.450 e. The molecule has 0 aromatic heterocycles. The van der Waals surface area contributed by atoms with Gasteiger partial charge in [0.05, 0.1) is 4.92 Å². The zero-order chi connectivity index (χ0) is 19.8. The molecular weight excluding hydrogens is 340 g/mol. The summed E-state index contributed by atoms with van der Waals surface area (Å²) in [5.41, 5.74) is 5.44. The number of nitrogens with one attached hydrogen (secondary N) is 1. The Bertz CT molecular complexity index is 515. The van der Waals surface area contributed by atoms with Crippen molar-refractivity contribution in [3.8, 4) is 0 Å². The quantitative estimate of drug-likeness (QED) is 0.238. The molecule has 142 valence electrons. The second-order valence-corrected chi connectivity index (χ2v) is 4.43. The van der Waals surface area contributed by atoms with E-state index >= 15 is 0 Å². The van der Waals surface area contributed by atoms with Gasteiger partial charge in [-0.3, -0.25) is 10.1 Å². The SMILES string of the molecule is CN1CCNCC1.Nc1ccccc1[N+](=O)[O-].O=C(O)O.O=C(O)O. The number of rotatable bonds is 1. The highest BCUT2D eigenvalue weighted by molar-refractivity contribution is 5.57. The highest BCUT2D eigenvalue weighted by atomic mass is 16.6. The molecule has 12 nitrogen and oxygen atoms in total. The van der Waals surface area contributed by atoms with Crippen LogP contribution >= 0.6 is 0 Å². The summed E-state index contributed by atoms with van der Waals surface area (Å²) in [6.45, 7) is 4.74. The van der Waals surface area contributed by atoms with E-state index in [1.54, 1.807) is 12.1 Å². The Labute approximate surface area is 143 Å². The van der Waals surface area contributed by atoms with Crippen LogP contribution in [0, 0.1) is 10.1 Å². The molecule has 1 aromatic carbocycles. The number of nitrogens with zero attached hydrogens (tertiary/aromatic N) is 2. The van der Waals surface area contributed by atoms with Crippen LogP contribution in [-0.4, -0.2) is 75.8 Å². The molecule has 1 aromatic rings. The summed E-state index contributed by atoms with van der Waals surface area (Å²) in [5.74, 6) is 0. The Morgan fingerprint density at radius 2 is 1.52 bits per heavy atom. The zero-order valence-electron chi connectivity index (χ0n) is 13.5. The molecule has 1 fully saturated rings. The predicted octanol–water partition coefficient (Wildman–Crippen LogP) is 1.14. The van der Waals surface area contributed by atoms with Crippen LogP contribution in [0.5, 0.6) is 0 Å². The van der Waals surface area contributed by atoms with E-state index in [0.29, 0.717) is 0 Å². The molecule has 7 N–H and O–H groups in total. The van der Waals surface area contributed by atoms with Crippen molar-refractivity contribution in [2.45, 2.75) is 0 Å². The van der Waals surface area contributed by atoms with Gasteiger partial charge in [-0.1, -0.05) is 12.1 Å². The molecule has 0 aliphatic carbocycles. The number of hydrogen-bond acceptors (Lipinski definition) is 7. The van der Waals surface area contributed by atoms with Gasteiger partial charge in [0.2, 0.25) is 0 Å². The topological polar surface area (TPSA) is 199 Å². The average molecular weight is 362 g/mol. The van der Waals surface area contributed by atoms with Crippen molar-refractivity contribution in [3.63, 3.8) is 0 Å². The molecule has 25 heavy (non-hydrogen) atoms. The fourth-order valence-electron chi connectivity index (χ4n) is 1.43. The van der Waals surface area contributed by atoms with E-state index in [4.69, 9.17) is 35.7 Å². The predicted molar refractivity (Wildman–Crippen MR) is 89.2 cm³/mol. The van der Waals surface area contributed by atoms with Gasteiger partial charge < -0.3 is 36.4 Å². The van der Waals surface area contributed by atoms with Crippen LogP contribution in [0.15, 0.2) is 24.3 Å². The summed E-state index contributed by atoms with van der Waals surface area (Å²) in [7, 11) is 2.15. The van der Waals surface area contributed by atoms with Crippen LogP contribution in [-0.2, 0) is 0 Å². The molecule has 0 amide bonds. The normalized spacial score (nSPS) is 12.7. The Kier molecular flexibility index (Phi) is 14.0. The number of anilines is 1. The fourth-order valence-corrected chi connectivity index (χ4v) is 1.43. The zero-order valence-corrected chi connectivity index (χ0v) is 13.5. The Morgan fingerprint density at radius 3 is 1.76 bits per heavy atom. The summed E-state index contributed by atoms with van der Waals surface area (Å²) >= 11 is 0. The minimum Gasteiger partial charge on any atom is -0.450 e. The highest BCUT2D eigenvalue weighted by Gasteiger charge is 2.07. The van der Waals surface area contributed by atoms with E-state index < -0.39 is 17.2 Å². The maximum Gasteiger partial charge on any atom is 0.503 e. The summed E-state index contributed by atoms with van der Waals surface area (Å²) < 4.78 is 0. The maximum atomic E-state index is 10.1. The van der Waals surface area contributed by atoms with Crippen molar-refractivity contribution < 1.29 is 34.9 Å². The summed E-state index contributed by atoms with van der Waals surface area (Å²) in [6, 6.07) is 6.10. The van der Waals surface area contributed by atoms with Gasteiger partial charge in [-0.25, -0.2) is 9.59 Å². The lowest BCUT2D eigenvalue weighted by atomic mass is 10.3. The van der Waals surface area contributed by atoms with Crippen LogP contribution in [0.2, 0.25) is 0 Å². The van der Waals surface area contributed by atoms with Crippen molar-refractivity contribution in [1.29, 1.82) is 0 Å². The molecule has 1 aliphatic rings. The number of nitro groups is 1. The second-order valence-electron chi connectivity index (χ2n) is 4.43. The maximum absolute atomic E-state index is 10.1. The van der Waals surface area contributed by atoms with Crippen molar-refractivity contribution in [2.24, 2.45) is 0 Å². The van der Waals surface area contributed by atoms with Crippen molar-refractivity contribution in [2.75, 3.05) is 39.0 Å². The van der Waals surface area contributed by atoms with Gasteiger partial charge in [0.1, 0.15) is 5.69 Å². The van der Waals surface area contributed by atoms with Crippen LogP contribution in [0.4, 0.5) is 21.0 Å². The number of carbonyl (C=O) groups is 2. The Morgan fingerprint density at radius 1 is 1.12 bits per heavy atom. The number of piperazine rings is 1. The molecule has 0 bridgehead atoms. The van der Waals surface area contributed by atoms with Crippen LogP contribution in [0.3, 0.4) is 0 Å². The van der Waals surface area contributed by atoms with E-state index in [2.05, 4.69) is 17.3 Å². The van der Waals surface area contributed by atoms with Gasteiger partial charge in [-0.15, -0.1) is 0 Å². The Hall–Kier alpha value is -3.12. The number of nitro benzene ring substituents is 1. The molecule has 1 saturated heterocycles. The lowest BCUT2D eigenvalue weighted by Crippen LogP contribution is -2.40. The minimum absolute atomic E-state index is 0.0394. The van der Waals surface area contributed by atoms with Crippen LogP contribution < -0.4 is 11.1 Å². The third-order valence-electron chi connectivity index (χ3n) is 2.47. The molecule has 12 heteroatoms. The monoisotopic (exact) mass is 362 g/mol. The first-order chi connectivity index (χ1) is 11.6. The number of carboxylic acid groups (broad SMARTS) is 4. The third kappa shape index (κ3) is 18.8. The molecule has 1 heterocycles. The van der Waals surface area contributed by atoms with E-state index in [1.165, 1.54) is 25.2 Å². The average Bonchev–Trinajstić information content (AvgIpc) is 2.47. The van der Waals surface area contributed by atoms with Gasteiger partial charge in [-0.2, -0.15) is 0 Å². The number of nitrogens with two attached hydrogens (primary N) is 1. The van der Waals surface area contributed by atoms with E-state index in [1.807, 2.05) is 0 Å². The molecule has 0 radical (unpaired) electrons. The van der Waals surface area contributed by atoms with E-state index in [0.717, 1.165) is 13.1 Å². The summed E-state index contributed by atoms with van der Waals surface area (Å²) in [6.07, 6.45) is -3.67. The number of benzene rings is 1. The van der Waals surface area contributed by atoms with Crippen LogP contribution in [0.25, 0.3) is 0 Å². The third-order valence-corrected chi connectivity index (χ3v) is 2.47. The van der Waals surface area contributed by atoms with E-state index in [9.17, 15) is 10.1 Å². The molecular formula is C13H22N4O8.